The maximum atomic E-state index is 12.0. The molecular weight excluding hydrogens is 487 g/mol. The first-order valence-corrected chi connectivity index (χ1v) is 12.7. The van der Waals surface area contributed by atoms with E-state index in [2.05, 4.69) is 18.1 Å². The number of H-pyrrole nitrogens is 1. The fraction of sp³-hybridized carbons (Fsp3) is 0.583. The van der Waals surface area contributed by atoms with E-state index in [0.717, 1.165) is 4.57 Å². The Morgan fingerprint density at radius 2 is 1.84 bits per heavy atom. The number of hydrogen-bond donors (Lipinski definition) is 6. The molecule has 1 aliphatic carbocycles. The van der Waals surface area contributed by atoms with Gasteiger partial charge in [-0.2, -0.15) is 13.9 Å². The summed E-state index contributed by atoms with van der Waals surface area (Å²) in [7, 11) is -16.8. The van der Waals surface area contributed by atoms with Crippen LogP contribution in [0.5, 0.6) is 0 Å². The summed E-state index contributed by atoms with van der Waals surface area (Å²) >= 11 is 0. The number of nitrogens with zero attached hydrogens (tertiary/aromatic N) is 2. The van der Waals surface area contributed by atoms with Gasteiger partial charge in [0.05, 0.1) is 18.8 Å². The smallest absolute Gasteiger partial charge is 0.391 e. The number of rotatable bonds is 8. The van der Waals surface area contributed by atoms with Crippen molar-refractivity contribution in [1.29, 1.82) is 5.26 Å². The van der Waals surface area contributed by atoms with Gasteiger partial charge in [0.1, 0.15) is 5.41 Å². The Morgan fingerprint density at radius 1 is 1.23 bits per heavy atom. The highest BCUT2D eigenvalue weighted by Gasteiger charge is 2.51. The number of aromatic nitrogens is 2. The van der Waals surface area contributed by atoms with Gasteiger partial charge in [0.15, 0.2) is 0 Å². The predicted molar refractivity (Wildman–Crippen MR) is 98.2 cm³/mol. The lowest BCUT2D eigenvalue weighted by atomic mass is 9.87. The summed E-state index contributed by atoms with van der Waals surface area (Å²) in [4.78, 5) is 61.3. The minimum Gasteiger partial charge on any atom is -0.391 e. The number of aliphatic hydroxyl groups is 1. The highest BCUT2D eigenvalue weighted by atomic mass is 31.3. The largest absolute Gasteiger partial charge is 0.490 e. The summed E-state index contributed by atoms with van der Waals surface area (Å²) in [6.07, 6.45) is -0.743. The third-order valence-corrected chi connectivity index (χ3v) is 8.18. The Bertz CT molecular complexity index is 1150. The Hall–Kier alpha value is -1.46. The second kappa shape index (κ2) is 8.82. The van der Waals surface area contributed by atoms with Gasteiger partial charge in [0.2, 0.25) is 0 Å². The third kappa shape index (κ3) is 6.52. The Morgan fingerprint density at radius 3 is 2.39 bits per heavy atom. The number of aryl methyl sites for hydroxylation is 1. The van der Waals surface area contributed by atoms with Crippen LogP contribution in [0.15, 0.2) is 15.8 Å². The zero-order valence-electron chi connectivity index (χ0n) is 15.6. The van der Waals surface area contributed by atoms with E-state index in [9.17, 15) is 38.5 Å². The standard InChI is InChI=1S/C12H18N3O13P3/c1-7-4-15(11(18)14-10(7)17)8-2-9(16)12(3-8,5-13)6-26-30(22,23)28-31(24,25)27-29(19,20)21/h4,8-9,16H,2-3,6H2,1H3,(H,22,23)(H,24,25)(H,14,17,18)(H2,19,20,21)/t8-,9-,12-/m1/s1. The van der Waals surface area contributed by atoms with Crippen molar-refractivity contribution in [3.05, 3.63) is 32.6 Å². The van der Waals surface area contributed by atoms with Crippen LogP contribution in [0.3, 0.4) is 0 Å². The van der Waals surface area contributed by atoms with Crippen molar-refractivity contribution in [2.75, 3.05) is 6.61 Å². The van der Waals surface area contributed by atoms with Crippen LogP contribution in [0.1, 0.15) is 24.4 Å². The van der Waals surface area contributed by atoms with Crippen LogP contribution in [0, 0.1) is 23.7 Å². The van der Waals surface area contributed by atoms with E-state index in [1.807, 2.05) is 0 Å². The number of phosphoric ester groups is 1. The van der Waals surface area contributed by atoms with E-state index in [0.29, 0.717) is 0 Å². The van der Waals surface area contributed by atoms with E-state index in [-0.39, 0.29) is 18.4 Å². The molecule has 6 N–H and O–H groups in total. The molecular formula is C12H18N3O13P3. The zero-order valence-corrected chi connectivity index (χ0v) is 18.3. The number of nitriles is 1. The number of aliphatic hydroxyl groups excluding tert-OH is 1. The van der Waals surface area contributed by atoms with Crippen LogP contribution in [0.25, 0.3) is 0 Å². The maximum absolute atomic E-state index is 12.0. The molecule has 1 aliphatic rings. The van der Waals surface area contributed by atoms with Gasteiger partial charge < -0.3 is 24.7 Å². The van der Waals surface area contributed by atoms with Gasteiger partial charge in [0.25, 0.3) is 5.56 Å². The molecule has 0 saturated heterocycles. The monoisotopic (exact) mass is 505 g/mol. The van der Waals surface area contributed by atoms with Crippen LogP contribution >= 0.6 is 23.5 Å². The molecule has 1 heterocycles. The average Bonchev–Trinajstić information content (AvgIpc) is 2.90. The minimum absolute atomic E-state index is 0.178. The molecule has 1 aromatic heterocycles. The number of phosphoric acid groups is 3. The Kier molecular flexibility index (Phi) is 7.34. The van der Waals surface area contributed by atoms with Gasteiger partial charge in [-0.15, -0.1) is 0 Å². The molecule has 1 aromatic rings. The van der Waals surface area contributed by atoms with Crippen molar-refractivity contribution in [1.82, 2.24) is 9.55 Å². The van der Waals surface area contributed by atoms with Gasteiger partial charge in [-0.3, -0.25) is 18.9 Å². The lowest BCUT2D eigenvalue weighted by Gasteiger charge is -2.25. The van der Waals surface area contributed by atoms with E-state index in [4.69, 9.17) is 14.7 Å². The van der Waals surface area contributed by atoms with Gasteiger partial charge in [-0.1, -0.05) is 0 Å². The van der Waals surface area contributed by atoms with Crippen molar-refractivity contribution >= 4 is 23.5 Å². The maximum Gasteiger partial charge on any atom is 0.490 e. The van der Waals surface area contributed by atoms with Crippen molar-refractivity contribution < 1.29 is 51.5 Å². The first-order valence-electron chi connectivity index (χ1n) is 8.19. The summed E-state index contributed by atoms with van der Waals surface area (Å²) in [6.45, 7) is 0.398. The second-order valence-corrected chi connectivity index (χ2v) is 11.1. The summed E-state index contributed by atoms with van der Waals surface area (Å²) in [5.74, 6) is 0. The van der Waals surface area contributed by atoms with Crippen molar-refractivity contribution in [3.8, 4) is 6.07 Å². The predicted octanol–water partition coefficient (Wildman–Crippen LogP) is -0.606. The molecule has 1 fully saturated rings. The molecule has 0 aromatic carbocycles. The molecule has 0 bridgehead atoms. The number of nitrogens with one attached hydrogen (secondary N) is 1. The Balaban J connectivity index is 2.19. The molecule has 5 atom stereocenters. The van der Waals surface area contributed by atoms with E-state index < -0.39 is 58.9 Å². The number of aromatic amines is 1. The molecule has 16 nitrogen and oxygen atoms in total. The molecule has 2 rings (SSSR count). The summed E-state index contributed by atoms with van der Waals surface area (Å²) in [5, 5.41) is 19.9. The van der Waals surface area contributed by atoms with Crippen LogP contribution in [0.2, 0.25) is 0 Å². The minimum atomic E-state index is -5.75. The van der Waals surface area contributed by atoms with Crippen LogP contribution < -0.4 is 11.2 Å². The van der Waals surface area contributed by atoms with Gasteiger partial charge in [0, 0.05) is 17.8 Å². The van der Waals surface area contributed by atoms with Crippen molar-refractivity contribution in [2.45, 2.75) is 31.9 Å². The molecule has 31 heavy (non-hydrogen) atoms. The number of hydrogen-bond acceptors (Lipinski definition) is 10. The molecule has 174 valence electrons. The van der Waals surface area contributed by atoms with Gasteiger partial charge in [-0.05, 0) is 19.8 Å². The summed E-state index contributed by atoms with van der Waals surface area (Å²) in [6, 6.07) is 0.891. The van der Waals surface area contributed by atoms with E-state index in [1.54, 1.807) is 6.07 Å². The molecule has 0 spiro atoms. The van der Waals surface area contributed by atoms with Gasteiger partial charge >= 0.3 is 29.2 Å². The van der Waals surface area contributed by atoms with Crippen LogP contribution in [0.4, 0.5) is 0 Å². The third-order valence-electron chi connectivity index (χ3n) is 4.40. The second-order valence-electron chi connectivity index (χ2n) is 6.72. The lowest BCUT2D eigenvalue weighted by Crippen LogP contribution is -2.34. The van der Waals surface area contributed by atoms with Crippen molar-refractivity contribution in [3.63, 3.8) is 0 Å². The van der Waals surface area contributed by atoms with E-state index >= 15 is 0 Å². The molecule has 1 saturated carbocycles. The summed E-state index contributed by atoms with van der Waals surface area (Å²) in [5.41, 5.74) is -3.13. The Labute approximate surface area is 173 Å². The van der Waals surface area contributed by atoms with Crippen molar-refractivity contribution in [2.24, 2.45) is 5.41 Å². The molecule has 2 unspecified atom stereocenters. The topological polar surface area (TPSA) is 259 Å². The fourth-order valence-electron chi connectivity index (χ4n) is 3.00. The highest BCUT2D eigenvalue weighted by molar-refractivity contribution is 7.66. The van der Waals surface area contributed by atoms with Crippen LogP contribution in [-0.4, -0.2) is 46.9 Å². The van der Waals surface area contributed by atoms with E-state index in [1.165, 1.54) is 13.1 Å². The van der Waals surface area contributed by atoms with Crippen LogP contribution in [-0.2, 0) is 26.8 Å². The molecule has 19 heteroatoms. The molecule has 0 amide bonds. The average molecular weight is 505 g/mol. The first-order chi connectivity index (χ1) is 14.0. The SMILES string of the molecule is Cc1cn([C@@H]2C[C@@H](O)[C@](C#N)(COP(=O)(O)OP(=O)(O)OP(=O)(O)O)C2)c(=O)[nH]c1=O. The summed E-state index contributed by atoms with van der Waals surface area (Å²) < 4.78 is 46.6. The normalized spacial score (nSPS) is 27.9. The molecule has 0 radical (unpaired) electrons. The van der Waals surface area contributed by atoms with Gasteiger partial charge in [-0.25, -0.2) is 18.5 Å². The fourth-order valence-corrected chi connectivity index (χ4v) is 6.09. The quantitative estimate of drug-likeness (QED) is 0.241. The lowest BCUT2D eigenvalue weighted by molar-refractivity contribution is 0.0430. The highest BCUT2D eigenvalue weighted by Crippen LogP contribution is 2.66. The zero-order chi connectivity index (χ0) is 23.8. The first kappa shape index (κ1) is 25.8. The molecule has 0 aliphatic heterocycles.